The van der Waals surface area contributed by atoms with Gasteiger partial charge in [-0.25, -0.2) is 0 Å². The smallest absolute Gasteiger partial charge is 0.123 e. The standard InChI is InChI=1S/C18H29O/c1-9-12(2)13-10-14(17(3,4)5)16(19)15(11-13)18(6,7)8/h10-12,19H,1,9H2,2-8H3. The van der Waals surface area contributed by atoms with E-state index in [1.807, 2.05) is 0 Å². The maximum Gasteiger partial charge on any atom is 0.123 e. The zero-order valence-electron chi connectivity index (χ0n) is 13.6. The molecular weight excluding hydrogens is 232 g/mol. The molecule has 0 saturated heterocycles. The van der Waals surface area contributed by atoms with Gasteiger partial charge in [0.25, 0.3) is 0 Å². The zero-order valence-corrected chi connectivity index (χ0v) is 13.6. The molecule has 0 aliphatic rings. The van der Waals surface area contributed by atoms with Gasteiger partial charge in [0.2, 0.25) is 0 Å². The normalized spacial score (nSPS) is 14.5. The molecule has 1 unspecified atom stereocenters. The lowest BCUT2D eigenvalue weighted by Crippen LogP contribution is -2.18. The number of phenols is 1. The Labute approximate surface area is 119 Å². The molecule has 0 aliphatic carbocycles. The highest BCUT2D eigenvalue weighted by Gasteiger charge is 2.27. The predicted molar refractivity (Wildman–Crippen MR) is 83.9 cm³/mol. The van der Waals surface area contributed by atoms with E-state index >= 15 is 0 Å². The van der Waals surface area contributed by atoms with E-state index in [0.717, 1.165) is 17.5 Å². The molecule has 1 radical (unpaired) electrons. The molecule has 1 atom stereocenters. The van der Waals surface area contributed by atoms with Gasteiger partial charge >= 0.3 is 0 Å². The minimum atomic E-state index is -0.0546. The first kappa shape index (κ1) is 16.1. The first-order valence-electron chi connectivity index (χ1n) is 7.15. The van der Waals surface area contributed by atoms with E-state index in [1.165, 1.54) is 5.56 Å². The molecule has 0 aliphatic heterocycles. The summed E-state index contributed by atoms with van der Waals surface area (Å²) >= 11 is 0. The van der Waals surface area contributed by atoms with Crippen molar-refractivity contribution in [1.29, 1.82) is 0 Å². The second-order valence-electron chi connectivity index (χ2n) is 7.65. The Morgan fingerprint density at radius 3 is 1.63 bits per heavy atom. The van der Waals surface area contributed by atoms with Crippen molar-refractivity contribution < 1.29 is 5.11 Å². The van der Waals surface area contributed by atoms with Gasteiger partial charge in [-0.1, -0.05) is 67.5 Å². The average molecular weight is 261 g/mol. The van der Waals surface area contributed by atoms with Crippen LogP contribution in [0.4, 0.5) is 0 Å². The number of hydrogen-bond donors (Lipinski definition) is 1. The molecule has 0 bridgehead atoms. The number of phenolic OH excluding ortho intramolecular Hbond substituents is 1. The summed E-state index contributed by atoms with van der Waals surface area (Å²) in [6.07, 6.45) is 0.873. The van der Waals surface area contributed by atoms with Crippen LogP contribution >= 0.6 is 0 Å². The van der Waals surface area contributed by atoms with Crippen molar-refractivity contribution in [2.45, 2.75) is 71.6 Å². The van der Waals surface area contributed by atoms with Crippen molar-refractivity contribution in [1.82, 2.24) is 0 Å². The minimum absolute atomic E-state index is 0.0546. The fraction of sp³-hybridized carbons (Fsp3) is 0.611. The minimum Gasteiger partial charge on any atom is -0.507 e. The molecule has 0 spiro atoms. The molecule has 1 aromatic carbocycles. The molecule has 19 heavy (non-hydrogen) atoms. The molecule has 0 aromatic heterocycles. The lowest BCUT2D eigenvalue weighted by molar-refractivity contribution is 0.422. The van der Waals surface area contributed by atoms with Crippen LogP contribution in [-0.4, -0.2) is 5.11 Å². The molecule has 1 rings (SSSR count). The number of benzene rings is 1. The van der Waals surface area contributed by atoms with Gasteiger partial charge < -0.3 is 5.11 Å². The van der Waals surface area contributed by atoms with Crippen LogP contribution in [0.25, 0.3) is 0 Å². The van der Waals surface area contributed by atoms with Gasteiger partial charge in [0.15, 0.2) is 0 Å². The fourth-order valence-corrected chi connectivity index (χ4v) is 2.25. The van der Waals surface area contributed by atoms with Crippen LogP contribution in [-0.2, 0) is 10.8 Å². The van der Waals surface area contributed by atoms with E-state index in [2.05, 4.69) is 67.5 Å². The summed E-state index contributed by atoms with van der Waals surface area (Å²) in [4.78, 5) is 0. The Kier molecular flexibility index (Phi) is 4.39. The molecule has 1 aromatic rings. The largest absolute Gasteiger partial charge is 0.507 e. The first-order valence-corrected chi connectivity index (χ1v) is 7.15. The number of hydrogen-bond acceptors (Lipinski definition) is 1. The molecule has 1 nitrogen and oxygen atoms in total. The van der Waals surface area contributed by atoms with E-state index < -0.39 is 0 Å². The molecule has 107 valence electrons. The van der Waals surface area contributed by atoms with E-state index in [-0.39, 0.29) is 10.8 Å². The summed E-state index contributed by atoms with van der Waals surface area (Å²) in [5.74, 6) is 0.878. The Balaban J connectivity index is 3.57. The van der Waals surface area contributed by atoms with Gasteiger partial charge in [0.1, 0.15) is 5.75 Å². The first-order chi connectivity index (χ1) is 8.48. The van der Waals surface area contributed by atoms with Crippen LogP contribution in [0.5, 0.6) is 5.75 Å². The summed E-state index contributed by atoms with van der Waals surface area (Å²) in [6.45, 7) is 19.1. The second kappa shape index (κ2) is 5.19. The Hall–Kier alpha value is -0.980. The SMILES string of the molecule is [CH2]CC(C)c1cc(C(C)(C)C)c(O)c(C(C)(C)C)c1. The predicted octanol–water partition coefficient (Wildman–Crippen LogP) is 5.31. The fourth-order valence-electron chi connectivity index (χ4n) is 2.25. The molecule has 0 amide bonds. The van der Waals surface area contributed by atoms with Crippen LogP contribution in [0, 0.1) is 6.92 Å². The Morgan fingerprint density at radius 2 is 1.37 bits per heavy atom. The maximum absolute atomic E-state index is 10.6. The van der Waals surface area contributed by atoms with Crippen LogP contribution in [0.2, 0.25) is 0 Å². The maximum atomic E-state index is 10.6. The monoisotopic (exact) mass is 261 g/mol. The van der Waals surface area contributed by atoms with Gasteiger partial charge in [-0.15, -0.1) is 0 Å². The van der Waals surface area contributed by atoms with Crippen LogP contribution < -0.4 is 0 Å². The van der Waals surface area contributed by atoms with Crippen LogP contribution in [0.15, 0.2) is 12.1 Å². The van der Waals surface area contributed by atoms with Gasteiger partial charge in [-0.05, 0) is 39.9 Å². The van der Waals surface area contributed by atoms with Crippen molar-refractivity contribution in [3.05, 3.63) is 35.7 Å². The third-order valence-electron chi connectivity index (χ3n) is 3.75. The van der Waals surface area contributed by atoms with Gasteiger partial charge in [-0.3, -0.25) is 0 Å². The van der Waals surface area contributed by atoms with E-state index in [4.69, 9.17) is 0 Å². The summed E-state index contributed by atoms with van der Waals surface area (Å²) < 4.78 is 0. The molecule has 1 heteroatoms. The highest BCUT2D eigenvalue weighted by Crippen LogP contribution is 2.41. The average Bonchev–Trinajstić information content (AvgIpc) is 2.25. The molecule has 0 fully saturated rings. The van der Waals surface area contributed by atoms with Gasteiger partial charge in [0.05, 0.1) is 0 Å². The summed E-state index contributed by atoms with van der Waals surface area (Å²) in [7, 11) is 0. The van der Waals surface area contributed by atoms with E-state index in [1.54, 1.807) is 0 Å². The van der Waals surface area contributed by atoms with Crippen molar-refractivity contribution >= 4 is 0 Å². The van der Waals surface area contributed by atoms with Crippen molar-refractivity contribution in [3.8, 4) is 5.75 Å². The quantitative estimate of drug-likeness (QED) is 0.764. The summed E-state index contributed by atoms with van der Waals surface area (Å²) in [5.41, 5.74) is 3.25. The van der Waals surface area contributed by atoms with Crippen molar-refractivity contribution in [3.63, 3.8) is 0 Å². The Bertz CT molecular complexity index is 409. The number of rotatable bonds is 2. The third-order valence-corrected chi connectivity index (χ3v) is 3.75. The van der Waals surface area contributed by atoms with Gasteiger partial charge in [-0.2, -0.15) is 0 Å². The highest BCUT2D eigenvalue weighted by molar-refractivity contribution is 5.50. The lowest BCUT2D eigenvalue weighted by Gasteiger charge is -2.29. The third kappa shape index (κ3) is 3.52. The van der Waals surface area contributed by atoms with Crippen molar-refractivity contribution in [2.75, 3.05) is 0 Å². The summed E-state index contributed by atoms with van der Waals surface area (Å²) in [6, 6.07) is 4.31. The zero-order chi connectivity index (χ0) is 15.0. The van der Waals surface area contributed by atoms with Crippen molar-refractivity contribution in [2.24, 2.45) is 0 Å². The lowest BCUT2D eigenvalue weighted by atomic mass is 9.77. The molecule has 1 N–H and O–H groups in total. The topological polar surface area (TPSA) is 20.2 Å². The molecule has 0 heterocycles. The summed E-state index contributed by atoms with van der Waals surface area (Å²) in [5, 5.41) is 10.6. The Morgan fingerprint density at radius 1 is 1.00 bits per heavy atom. The van der Waals surface area contributed by atoms with E-state index in [0.29, 0.717) is 11.7 Å². The number of aromatic hydroxyl groups is 1. The van der Waals surface area contributed by atoms with E-state index in [9.17, 15) is 5.11 Å². The van der Waals surface area contributed by atoms with Crippen LogP contribution in [0.1, 0.15) is 77.5 Å². The van der Waals surface area contributed by atoms with Crippen LogP contribution in [0.3, 0.4) is 0 Å². The molecule has 0 saturated carbocycles. The molecular formula is C18H29O. The van der Waals surface area contributed by atoms with Gasteiger partial charge in [0, 0.05) is 0 Å². The second-order valence-corrected chi connectivity index (χ2v) is 7.65. The highest BCUT2D eigenvalue weighted by atomic mass is 16.3.